The van der Waals surface area contributed by atoms with Gasteiger partial charge >= 0.3 is 0 Å². The lowest BCUT2D eigenvalue weighted by Gasteiger charge is -2.20. The summed E-state index contributed by atoms with van der Waals surface area (Å²) in [4.78, 5) is 13.6. The predicted octanol–water partition coefficient (Wildman–Crippen LogP) is 7.18. The number of methoxy groups -OCH3 is 4. The Hall–Kier alpha value is -3.15. The van der Waals surface area contributed by atoms with Crippen molar-refractivity contribution in [2.45, 2.75) is 64.7 Å². The Morgan fingerprint density at radius 2 is 1.26 bits per heavy atom. The molecule has 3 rings (SSSR count). The van der Waals surface area contributed by atoms with Crippen LogP contribution in [-0.4, -0.2) is 28.4 Å². The van der Waals surface area contributed by atoms with Crippen molar-refractivity contribution in [1.82, 2.24) is 0 Å². The minimum atomic E-state index is -0.334. The van der Waals surface area contributed by atoms with Gasteiger partial charge in [-0.3, -0.25) is 4.79 Å². The van der Waals surface area contributed by atoms with E-state index in [1.165, 1.54) is 52.7 Å². The third-order valence-electron chi connectivity index (χ3n) is 6.39. The van der Waals surface area contributed by atoms with E-state index in [4.69, 9.17) is 23.4 Å². The van der Waals surface area contributed by atoms with Crippen molar-refractivity contribution in [1.29, 1.82) is 0 Å². The van der Waals surface area contributed by atoms with Crippen LogP contribution in [-0.2, 0) is 6.42 Å². The van der Waals surface area contributed by atoms with Crippen molar-refractivity contribution in [3.63, 3.8) is 0 Å². The maximum absolute atomic E-state index is 13.6. The number of benzene rings is 2. The van der Waals surface area contributed by atoms with Crippen LogP contribution >= 0.6 is 0 Å². The summed E-state index contributed by atoms with van der Waals surface area (Å²) in [5.41, 5.74) is 1.59. The van der Waals surface area contributed by atoms with Gasteiger partial charge in [0.25, 0.3) is 0 Å². The maximum Gasteiger partial charge on any atom is 0.239 e. The molecule has 35 heavy (non-hydrogen) atoms. The van der Waals surface area contributed by atoms with Crippen LogP contribution in [0.1, 0.15) is 63.9 Å². The van der Waals surface area contributed by atoms with E-state index >= 15 is 0 Å². The molecule has 0 N–H and O–H groups in total. The molecule has 0 aliphatic heterocycles. The number of fused-ring (bicyclic) bond motifs is 1. The van der Waals surface area contributed by atoms with E-state index in [2.05, 4.69) is 6.92 Å². The molecule has 0 spiro atoms. The van der Waals surface area contributed by atoms with Crippen molar-refractivity contribution in [2.24, 2.45) is 0 Å². The third kappa shape index (κ3) is 5.75. The predicted molar refractivity (Wildman–Crippen MR) is 140 cm³/mol. The van der Waals surface area contributed by atoms with Crippen LogP contribution in [0, 0.1) is 0 Å². The molecule has 3 aromatic rings. The van der Waals surface area contributed by atoms with Gasteiger partial charge in [0.2, 0.25) is 11.2 Å². The van der Waals surface area contributed by atoms with E-state index < -0.39 is 0 Å². The Bertz CT molecular complexity index is 1150. The van der Waals surface area contributed by atoms with Gasteiger partial charge in [0.15, 0.2) is 28.6 Å². The van der Waals surface area contributed by atoms with Gasteiger partial charge in [-0.25, -0.2) is 0 Å². The van der Waals surface area contributed by atoms with Crippen molar-refractivity contribution in [2.75, 3.05) is 28.4 Å². The normalized spacial score (nSPS) is 11.0. The second kappa shape index (κ2) is 13.1. The van der Waals surface area contributed by atoms with Crippen LogP contribution in [0.2, 0.25) is 0 Å². The summed E-state index contributed by atoms with van der Waals surface area (Å²) in [6.07, 6.45) is 10.4. The van der Waals surface area contributed by atoms with E-state index in [9.17, 15) is 4.79 Å². The fourth-order valence-electron chi connectivity index (χ4n) is 4.63. The van der Waals surface area contributed by atoms with Gasteiger partial charge in [-0.15, -0.1) is 0 Å². The molecule has 0 radical (unpaired) electrons. The first-order valence-electron chi connectivity index (χ1n) is 12.5. The lowest BCUT2D eigenvalue weighted by molar-refractivity contribution is 0.343. The lowest BCUT2D eigenvalue weighted by Crippen LogP contribution is -2.11. The molecule has 6 heteroatoms. The number of hydrogen-bond acceptors (Lipinski definition) is 6. The second-order valence-corrected chi connectivity index (χ2v) is 8.67. The van der Waals surface area contributed by atoms with E-state index in [0.717, 1.165) is 30.4 Å². The largest absolute Gasteiger partial charge is 0.492 e. The Balaban J connectivity index is 2.07. The lowest BCUT2D eigenvalue weighted by atomic mass is 9.99. The van der Waals surface area contributed by atoms with Gasteiger partial charge in [0, 0.05) is 11.1 Å². The molecule has 0 bridgehead atoms. The van der Waals surface area contributed by atoms with Crippen LogP contribution in [0.15, 0.2) is 39.5 Å². The molecular formula is C29H38O6. The molecular weight excluding hydrogens is 444 g/mol. The summed E-state index contributed by atoms with van der Waals surface area (Å²) < 4.78 is 29.1. The Kier molecular flexibility index (Phi) is 9.88. The van der Waals surface area contributed by atoms with Gasteiger partial charge in [-0.1, -0.05) is 82.2 Å². The smallest absolute Gasteiger partial charge is 0.239 e. The quantitative estimate of drug-likeness (QED) is 0.227. The molecule has 0 aliphatic carbocycles. The molecule has 0 fully saturated rings. The highest BCUT2D eigenvalue weighted by molar-refractivity contribution is 5.95. The fraction of sp³-hybridized carbons (Fsp3) is 0.483. The van der Waals surface area contributed by atoms with Crippen molar-refractivity contribution in [3.05, 3.63) is 46.1 Å². The van der Waals surface area contributed by atoms with Gasteiger partial charge in [-0.2, -0.15) is 0 Å². The first kappa shape index (κ1) is 26.5. The molecule has 1 heterocycles. The number of hydrogen-bond donors (Lipinski definition) is 0. The van der Waals surface area contributed by atoms with E-state index in [-0.39, 0.29) is 16.6 Å². The zero-order chi connectivity index (χ0) is 25.2. The number of ether oxygens (including phenoxy) is 4. The molecule has 1 aromatic heterocycles. The highest BCUT2D eigenvalue weighted by atomic mass is 16.5. The third-order valence-corrected chi connectivity index (χ3v) is 6.39. The minimum absolute atomic E-state index is 0.113. The van der Waals surface area contributed by atoms with Crippen LogP contribution < -0.4 is 24.4 Å². The second-order valence-electron chi connectivity index (χ2n) is 8.67. The highest BCUT2D eigenvalue weighted by Gasteiger charge is 2.29. The monoisotopic (exact) mass is 482 g/mol. The molecule has 0 amide bonds. The fourth-order valence-corrected chi connectivity index (χ4v) is 4.63. The first-order chi connectivity index (χ1) is 17.1. The summed E-state index contributed by atoms with van der Waals surface area (Å²) in [7, 11) is 6.16. The van der Waals surface area contributed by atoms with Crippen LogP contribution in [0.25, 0.3) is 22.3 Å². The molecule has 0 saturated heterocycles. The zero-order valence-corrected chi connectivity index (χ0v) is 21.7. The molecule has 0 atom stereocenters. The number of rotatable bonds is 14. The van der Waals surface area contributed by atoms with E-state index in [1.54, 1.807) is 14.2 Å². The van der Waals surface area contributed by atoms with Gasteiger partial charge < -0.3 is 23.4 Å². The van der Waals surface area contributed by atoms with Crippen molar-refractivity contribution < 1.29 is 23.4 Å². The average molecular weight is 483 g/mol. The summed E-state index contributed by atoms with van der Waals surface area (Å²) >= 11 is 0. The van der Waals surface area contributed by atoms with Crippen LogP contribution in [0.4, 0.5) is 0 Å². The van der Waals surface area contributed by atoms with Gasteiger partial charge in [0.1, 0.15) is 5.39 Å². The summed E-state index contributed by atoms with van der Waals surface area (Å²) in [6.45, 7) is 2.24. The molecule has 2 aromatic carbocycles. The summed E-state index contributed by atoms with van der Waals surface area (Å²) in [5.74, 6) is 1.81. The Morgan fingerprint density at radius 3 is 1.83 bits per heavy atom. The SMILES string of the molecule is CCCCCCCCCCc1c(OC)c(OC)c2c(=O)c(OC)c(-c3ccccc3)oc2c1OC. The van der Waals surface area contributed by atoms with Crippen molar-refractivity contribution >= 4 is 11.0 Å². The van der Waals surface area contributed by atoms with Gasteiger partial charge in [0.05, 0.1) is 28.4 Å². The van der Waals surface area contributed by atoms with Crippen molar-refractivity contribution in [3.8, 4) is 34.3 Å². The Morgan fingerprint density at radius 1 is 0.686 bits per heavy atom. The van der Waals surface area contributed by atoms with Gasteiger partial charge in [-0.05, 0) is 12.8 Å². The molecule has 0 aliphatic rings. The molecule has 0 saturated carbocycles. The van der Waals surface area contributed by atoms with Crippen LogP contribution in [0.3, 0.4) is 0 Å². The average Bonchev–Trinajstić information content (AvgIpc) is 2.89. The zero-order valence-electron chi connectivity index (χ0n) is 21.7. The molecule has 6 nitrogen and oxygen atoms in total. The standard InChI is InChI=1S/C29H38O6/c1-6-7-8-9-10-11-12-16-19-21-25(31-2)27(33-4)22-23(30)29(34-5)24(20-17-14-13-15-18-20)35-28(22)26(21)32-3/h13-15,17-18H,6-12,16,19H2,1-5H3. The summed E-state index contributed by atoms with van der Waals surface area (Å²) in [6, 6.07) is 9.44. The molecule has 190 valence electrons. The highest BCUT2D eigenvalue weighted by Crippen LogP contribution is 2.47. The van der Waals surface area contributed by atoms with Crippen LogP contribution in [0.5, 0.6) is 23.0 Å². The summed E-state index contributed by atoms with van der Waals surface area (Å²) in [5, 5.41) is 0.248. The first-order valence-corrected chi connectivity index (χ1v) is 12.5. The Labute approximate surface area is 208 Å². The molecule has 0 unspecified atom stereocenters. The van der Waals surface area contributed by atoms with E-state index in [1.807, 2.05) is 30.3 Å². The minimum Gasteiger partial charge on any atom is -0.492 e. The maximum atomic E-state index is 13.6. The van der Waals surface area contributed by atoms with E-state index in [0.29, 0.717) is 28.6 Å². The topological polar surface area (TPSA) is 67.1 Å². The number of unbranched alkanes of at least 4 members (excludes halogenated alkanes) is 7.